The molecule has 1 aromatic rings. The van der Waals surface area contributed by atoms with E-state index in [1.165, 1.54) is 0 Å². The van der Waals surface area contributed by atoms with Crippen molar-refractivity contribution in [3.8, 4) is 0 Å². The van der Waals surface area contributed by atoms with Gasteiger partial charge < -0.3 is 15.6 Å². The van der Waals surface area contributed by atoms with Crippen LogP contribution < -0.4 is 5.73 Å². The predicted octanol–water partition coefficient (Wildman–Crippen LogP) is 0.955. The van der Waals surface area contributed by atoms with Crippen molar-refractivity contribution in [2.24, 2.45) is 5.73 Å². The number of aromatic nitrogens is 1. The molecule has 0 aliphatic rings. The van der Waals surface area contributed by atoms with Crippen LogP contribution in [0.1, 0.15) is 29.9 Å². The summed E-state index contributed by atoms with van der Waals surface area (Å²) in [7, 11) is 0. The Bertz CT molecular complexity index is 302. The Hall–Kier alpha value is -1.29. The molecule has 14 heavy (non-hydrogen) atoms. The molecule has 3 N–H and O–H groups in total. The van der Waals surface area contributed by atoms with Crippen LogP contribution in [0.4, 0.5) is 0 Å². The van der Waals surface area contributed by atoms with E-state index in [1.54, 1.807) is 17.2 Å². The average Bonchev–Trinajstić information content (AvgIpc) is 2.67. The first kappa shape index (κ1) is 10.8. The topological polar surface area (TPSA) is 62.1 Å². The van der Waals surface area contributed by atoms with Crippen LogP contribution in [0, 0.1) is 0 Å². The molecule has 0 radical (unpaired) electrons. The quantitative estimate of drug-likeness (QED) is 0.751. The van der Waals surface area contributed by atoms with Crippen molar-refractivity contribution in [1.29, 1.82) is 0 Å². The van der Waals surface area contributed by atoms with E-state index < -0.39 is 0 Å². The second-order valence-electron chi connectivity index (χ2n) is 3.10. The Kier molecular flexibility index (Phi) is 3.71. The lowest BCUT2D eigenvalue weighted by Gasteiger charge is -2.17. The number of aromatic amines is 1. The van der Waals surface area contributed by atoms with Crippen LogP contribution >= 0.6 is 0 Å². The predicted molar refractivity (Wildman–Crippen MR) is 55.9 cm³/mol. The highest BCUT2D eigenvalue weighted by Gasteiger charge is 2.13. The first-order chi connectivity index (χ1) is 6.72. The van der Waals surface area contributed by atoms with E-state index >= 15 is 0 Å². The number of carbonyl (C=O) groups excluding carboxylic acids is 1. The van der Waals surface area contributed by atoms with Crippen molar-refractivity contribution >= 4 is 5.91 Å². The summed E-state index contributed by atoms with van der Waals surface area (Å²) in [4.78, 5) is 16.5. The normalized spacial score (nSPS) is 10.2. The van der Waals surface area contributed by atoms with Gasteiger partial charge in [0.15, 0.2) is 0 Å². The van der Waals surface area contributed by atoms with Crippen LogP contribution in [-0.4, -0.2) is 28.9 Å². The van der Waals surface area contributed by atoms with Crippen molar-refractivity contribution in [2.75, 3.05) is 13.1 Å². The van der Waals surface area contributed by atoms with Crippen LogP contribution in [0.25, 0.3) is 0 Å². The van der Waals surface area contributed by atoms with Gasteiger partial charge in [-0.3, -0.25) is 4.79 Å². The highest BCUT2D eigenvalue weighted by atomic mass is 16.2. The van der Waals surface area contributed by atoms with Crippen molar-refractivity contribution in [1.82, 2.24) is 9.88 Å². The summed E-state index contributed by atoms with van der Waals surface area (Å²) in [6.07, 6.45) is 1.77. The van der Waals surface area contributed by atoms with Crippen LogP contribution in [0.3, 0.4) is 0 Å². The molecule has 1 rings (SSSR count). The highest BCUT2D eigenvalue weighted by molar-refractivity contribution is 5.92. The minimum absolute atomic E-state index is 0.0368. The Balaban J connectivity index is 2.77. The van der Waals surface area contributed by atoms with E-state index in [0.29, 0.717) is 12.2 Å². The van der Waals surface area contributed by atoms with E-state index in [1.807, 2.05) is 13.8 Å². The summed E-state index contributed by atoms with van der Waals surface area (Å²) in [6, 6.07) is 1.81. The van der Waals surface area contributed by atoms with Gasteiger partial charge in [-0.15, -0.1) is 0 Å². The maximum absolute atomic E-state index is 11.8. The standard InChI is InChI=1S/C10H17N3O/c1-3-13(4-2)10(14)9-5-8(6-11)7-12-9/h5,7,12H,3-4,6,11H2,1-2H3. The number of H-pyrrole nitrogens is 1. The smallest absolute Gasteiger partial charge is 0.270 e. The van der Waals surface area contributed by atoms with Gasteiger partial charge in [0.05, 0.1) is 0 Å². The van der Waals surface area contributed by atoms with Gasteiger partial charge in [0.2, 0.25) is 0 Å². The zero-order valence-corrected chi connectivity index (χ0v) is 8.71. The van der Waals surface area contributed by atoms with E-state index in [2.05, 4.69) is 4.98 Å². The van der Waals surface area contributed by atoms with Gasteiger partial charge >= 0.3 is 0 Å². The van der Waals surface area contributed by atoms with Crippen LogP contribution in [-0.2, 0) is 6.54 Å². The molecule has 4 nitrogen and oxygen atoms in total. The van der Waals surface area contributed by atoms with Gasteiger partial charge in [-0.05, 0) is 25.5 Å². The molecule has 78 valence electrons. The van der Waals surface area contributed by atoms with Crippen molar-refractivity contribution < 1.29 is 4.79 Å². The van der Waals surface area contributed by atoms with Crippen LogP contribution in [0.2, 0.25) is 0 Å². The number of carbonyl (C=O) groups is 1. The van der Waals surface area contributed by atoms with Gasteiger partial charge in [-0.2, -0.15) is 0 Å². The molecular formula is C10H17N3O. The fourth-order valence-electron chi connectivity index (χ4n) is 1.36. The summed E-state index contributed by atoms with van der Waals surface area (Å²) in [6.45, 7) is 5.85. The first-order valence-electron chi connectivity index (χ1n) is 4.89. The maximum Gasteiger partial charge on any atom is 0.270 e. The highest BCUT2D eigenvalue weighted by Crippen LogP contribution is 2.06. The fourth-order valence-corrected chi connectivity index (χ4v) is 1.36. The number of hydrogen-bond acceptors (Lipinski definition) is 2. The summed E-state index contributed by atoms with van der Waals surface area (Å²) in [5.74, 6) is 0.0368. The number of nitrogens with zero attached hydrogens (tertiary/aromatic N) is 1. The minimum Gasteiger partial charge on any atom is -0.357 e. The largest absolute Gasteiger partial charge is 0.357 e. The number of amides is 1. The molecule has 0 aliphatic heterocycles. The molecule has 1 heterocycles. The molecular weight excluding hydrogens is 178 g/mol. The summed E-state index contributed by atoms with van der Waals surface area (Å²) < 4.78 is 0. The van der Waals surface area contributed by atoms with Gasteiger partial charge in [-0.1, -0.05) is 0 Å². The second-order valence-corrected chi connectivity index (χ2v) is 3.10. The van der Waals surface area contributed by atoms with Gasteiger partial charge in [0, 0.05) is 25.8 Å². The van der Waals surface area contributed by atoms with Gasteiger partial charge in [-0.25, -0.2) is 0 Å². The zero-order chi connectivity index (χ0) is 10.6. The lowest BCUT2D eigenvalue weighted by molar-refractivity contribution is 0.0768. The van der Waals surface area contributed by atoms with E-state index in [-0.39, 0.29) is 5.91 Å². The minimum atomic E-state index is 0.0368. The molecule has 0 aliphatic carbocycles. The third-order valence-corrected chi connectivity index (χ3v) is 2.26. The number of nitrogens with one attached hydrogen (secondary N) is 1. The molecule has 0 saturated carbocycles. The van der Waals surface area contributed by atoms with Gasteiger partial charge in [0.25, 0.3) is 5.91 Å². The fraction of sp³-hybridized carbons (Fsp3) is 0.500. The van der Waals surface area contributed by atoms with Crippen LogP contribution in [0.15, 0.2) is 12.3 Å². The second kappa shape index (κ2) is 4.81. The molecule has 1 amide bonds. The van der Waals surface area contributed by atoms with E-state index in [4.69, 9.17) is 5.73 Å². The SMILES string of the molecule is CCN(CC)C(=O)c1cc(CN)c[nH]1. The monoisotopic (exact) mass is 195 g/mol. The number of rotatable bonds is 4. The number of nitrogens with two attached hydrogens (primary N) is 1. The summed E-state index contributed by atoms with van der Waals surface area (Å²) >= 11 is 0. The van der Waals surface area contributed by atoms with E-state index in [9.17, 15) is 4.79 Å². The zero-order valence-electron chi connectivity index (χ0n) is 8.71. The molecule has 0 saturated heterocycles. The van der Waals surface area contributed by atoms with Crippen molar-refractivity contribution in [2.45, 2.75) is 20.4 Å². The molecule has 0 bridgehead atoms. The lowest BCUT2D eigenvalue weighted by atomic mass is 10.3. The van der Waals surface area contributed by atoms with Crippen LogP contribution in [0.5, 0.6) is 0 Å². The van der Waals surface area contributed by atoms with E-state index in [0.717, 1.165) is 18.7 Å². The summed E-state index contributed by atoms with van der Waals surface area (Å²) in [5, 5.41) is 0. The Morgan fingerprint density at radius 2 is 2.14 bits per heavy atom. The van der Waals surface area contributed by atoms with Gasteiger partial charge in [0.1, 0.15) is 5.69 Å². The molecule has 0 spiro atoms. The molecule has 0 unspecified atom stereocenters. The molecule has 0 atom stereocenters. The Labute approximate surface area is 84.1 Å². The first-order valence-corrected chi connectivity index (χ1v) is 4.89. The third kappa shape index (κ3) is 2.14. The summed E-state index contributed by atoms with van der Waals surface area (Å²) in [5.41, 5.74) is 7.04. The average molecular weight is 195 g/mol. The molecule has 1 aromatic heterocycles. The Morgan fingerprint density at radius 1 is 1.50 bits per heavy atom. The van der Waals surface area contributed by atoms with Crippen molar-refractivity contribution in [3.63, 3.8) is 0 Å². The molecule has 0 aromatic carbocycles. The third-order valence-electron chi connectivity index (χ3n) is 2.26. The number of hydrogen-bond donors (Lipinski definition) is 2. The maximum atomic E-state index is 11.8. The van der Waals surface area contributed by atoms with Crippen molar-refractivity contribution in [3.05, 3.63) is 23.5 Å². The molecule has 4 heteroatoms. The molecule has 0 fully saturated rings. The Morgan fingerprint density at radius 3 is 2.57 bits per heavy atom. The lowest BCUT2D eigenvalue weighted by Crippen LogP contribution is -2.30.